The van der Waals surface area contributed by atoms with Crippen molar-refractivity contribution in [1.82, 2.24) is 5.32 Å². The second-order valence-corrected chi connectivity index (χ2v) is 10.2. The summed E-state index contributed by atoms with van der Waals surface area (Å²) in [6.07, 6.45) is 4.55. The van der Waals surface area contributed by atoms with E-state index in [1.807, 2.05) is 26.8 Å². The predicted octanol–water partition coefficient (Wildman–Crippen LogP) is 4.21. The van der Waals surface area contributed by atoms with Gasteiger partial charge in [-0.3, -0.25) is 0 Å². The molecule has 0 saturated carbocycles. The Morgan fingerprint density at radius 2 is 1.58 bits per heavy atom. The summed E-state index contributed by atoms with van der Waals surface area (Å²) in [5, 5.41) is 2.75. The number of ether oxygens (including phenoxy) is 4. The predicted molar refractivity (Wildman–Crippen MR) is 138 cm³/mol. The number of esters is 1. The van der Waals surface area contributed by atoms with Gasteiger partial charge in [-0.15, -0.1) is 0 Å². The van der Waals surface area contributed by atoms with Gasteiger partial charge in [-0.1, -0.05) is 6.07 Å². The minimum absolute atomic E-state index is 0.291. The molecular formula is C25H41NO9Si. The summed E-state index contributed by atoms with van der Waals surface area (Å²) in [4.78, 5) is 23.2. The zero-order valence-corrected chi connectivity index (χ0v) is 23.1. The van der Waals surface area contributed by atoms with E-state index in [-0.39, 0.29) is 0 Å². The van der Waals surface area contributed by atoms with Crippen molar-refractivity contribution in [2.24, 2.45) is 0 Å². The van der Waals surface area contributed by atoms with Crippen LogP contribution in [0.5, 0.6) is 11.5 Å². The molecule has 0 bridgehead atoms. The first-order valence-electron chi connectivity index (χ1n) is 12.3. The highest BCUT2D eigenvalue weighted by molar-refractivity contribution is 6.60. The molecule has 1 aromatic rings. The smallest absolute Gasteiger partial charge is 0.493 e. The van der Waals surface area contributed by atoms with E-state index in [0.717, 1.165) is 5.56 Å². The largest absolute Gasteiger partial charge is 0.500 e. The minimum atomic E-state index is -2.69. The van der Waals surface area contributed by atoms with E-state index in [1.165, 1.54) is 13.2 Å². The standard InChI is InChI=1S/C25H41NO9Si/c1-6-33-36(34-7-2,35-8-3)19-11-16-26-25(28)32-18-10-9-17-31-22-14-12-21(20-23(22)29-4)13-15-24(27)30-5/h12-15,20H,6-11,16-19H2,1-5H3,(H,26,28). The molecule has 0 atom stereocenters. The number of nitrogens with one attached hydrogen (secondary N) is 1. The van der Waals surface area contributed by atoms with Crippen LogP contribution >= 0.6 is 0 Å². The Labute approximate surface area is 215 Å². The number of benzene rings is 1. The minimum Gasteiger partial charge on any atom is -0.493 e. The van der Waals surface area contributed by atoms with E-state index in [2.05, 4.69) is 10.1 Å². The zero-order valence-electron chi connectivity index (χ0n) is 22.1. The average Bonchev–Trinajstić information content (AvgIpc) is 2.88. The summed E-state index contributed by atoms with van der Waals surface area (Å²) in [5.74, 6) is 0.721. The molecule has 0 radical (unpaired) electrons. The molecule has 11 heteroatoms. The normalized spacial score (nSPS) is 11.4. The van der Waals surface area contributed by atoms with Crippen LogP contribution in [0.15, 0.2) is 24.3 Å². The number of hydrogen-bond acceptors (Lipinski definition) is 9. The number of alkyl carbamates (subject to hydrolysis) is 1. The Kier molecular flexibility index (Phi) is 16.3. The third-order valence-electron chi connectivity index (χ3n) is 4.85. The Morgan fingerprint density at radius 1 is 0.917 bits per heavy atom. The molecule has 0 aliphatic rings. The van der Waals surface area contributed by atoms with Crippen molar-refractivity contribution in [3.8, 4) is 11.5 Å². The van der Waals surface area contributed by atoms with Crippen LogP contribution in [0.2, 0.25) is 6.04 Å². The topological polar surface area (TPSA) is 111 Å². The molecule has 1 N–H and O–H groups in total. The molecule has 0 saturated heterocycles. The molecular weight excluding hydrogens is 486 g/mol. The van der Waals surface area contributed by atoms with Crippen molar-refractivity contribution in [3.63, 3.8) is 0 Å². The molecule has 0 aromatic heterocycles. The number of carbonyl (C=O) groups is 2. The number of rotatable bonds is 19. The van der Waals surface area contributed by atoms with Gasteiger partial charge >= 0.3 is 20.9 Å². The fourth-order valence-electron chi connectivity index (χ4n) is 3.24. The number of methoxy groups -OCH3 is 2. The molecule has 0 aliphatic carbocycles. The zero-order chi connectivity index (χ0) is 26.7. The molecule has 1 rings (SSSR count). The third kappa shape index (κ3) is 12.4. The maximum atomic E-state index is 11.9. The van der Waals surface area contributed by atoms with Crippen LogP contribution in [0.4, 0.5) is 4.79 Å². The summed E-state index contributed by atoms with van der Waals surface area (Å²) in [6, 6.07) is 5.99. The molecule has 1 aromatic carbocycles. The van der Waals surface area contributed by atoms with Crippen LogP contribution in [0.25, 0.3) is 6.08 Å². The van der Waals surface area contributed by atoms with Crippen molar-refractivity contribution in [2.75, 3.05) is 53.8 Å². The number of carbonyl (C=O) groups excluding carboxylic acids is 2. The van der Waals surface area contributed by atoms with E-state index >= 15 is 0 Å². The lowest BCUT2D eigenvalue weighted by molar-refractivity contribution is -0.134. The van der Waals surface area contributed by atoms with Crippen LogP contribution in [0.1, 0.15) is 45.6 Å². The third-order valence-corrected chi connectivity index (χ3v) is 8.00. The van der Waals surface area contributed by atoms with Crippen LogP contribution in [-0.2, 0) is 27.5 Å². The van der Waals surface area contributed by atoms with E-state index in [4.69, 9.17) is 27.5 Å². The van der Waals surface area contributed by atoms with Gasteiger partial charge in [-0.05, 0) is 63.8 Å². The number of hydrogen-bond donors (Lipinski definition) is 1. The summed E-state index contributed by atoms with van der Waals surface area (Å²) in [7, 11) is 0.181. The van der Waals surface area contributed by atoms with Gasteiger partial charge in [0, 0.05) is 38.5 Å². The maximum absolute atomic E-state index is 11.9. The van der Waals surface area contributed by atoms with Gasteiger partial charge in [-0.25, -0.2) is 9.59 Å². The monoisotopic (exact) mass is 527 g/mol. The lowest BCUT2D eigenvalue weighted by Crippen LogP contribution is -2.46. The van der Waals surface area contributed by atoms with Gasteiger partial charge in [0.1, 0.15) is 0 Å². The van der Waals surface area contributed by atoms with Gasteiger partial charge in [0.25, 0.3) is 0 Å². The summed E-state index contributed by atoms with van der Waals surface area (Å²) >= 11 is 0. The van der Waals surface area contributed by atoms with Crippen LogP contribution in [-0.4, -0.2) is 74.7 Å². The van der Waals surface area contributed by atoms with Crippen molar-refractivity contribution in [2.45, 2.75) is 46.1 Å². The molecule has 0 spiro atoms. The molecule has 1 amide bonds. The van der Waals surface area contributed by atoms with Gasteiger partial charge in [0.2, 0.25) is 0 Å². The molecule has 0 aliphatic heterocycles. The van der Waals surface area contributed by atoms with E-state index in [0.29, 0.717) is 76.4 Å². The van der Waals surface area contributed by atoms with Crippen molar-refractivity contribution in [1.29, 1.82) is 0 Å². The van der Waals surface area contributed by atoms with Gasteiger partial charge in [0.05, 0.1) is 27.4 Å². The highest BCUT2D eigenvalue weighted by Gasteiger charge is 2.39. The van der Waals surface area contributed by atoms with E-state index in [9.17, 15) is 9.59 Å². The first kappa shape index (κ1) is 31.4. The Hall–Kier alpha value is -2.60. The van der Waals surface area contributed by atoms with E-state index in [1.54, 1.807) is 25.3 Å². The van der Waals surface area contributed by atoms with Crippen molar-refractivity contribution >= 4 is 26.9 Å². The molecule has 0 heterocycles. The number of unbranched alkanes of at least 4 members (excludes halogenated alkanes) is 1. The van der Waals surface area contributed by atoms with Gasteiger partial charge in [-0.2, -0.15) is 0 Å². The lowest BCUT2D eigenvalue weighted by Gasteiger charge is -2.28. The van der Waals surface area contributed by atoms with Gasteiger partial charge in [0.15, 0.2) is 11.5 Å². The molecule has 36 heavy (non-hydrogen) atoms. The van der Waals surface area contributed by atoms with Crippen LogP contribution in [0.3, 0.4) is 0 Å². The second kappa shape index (κ2) is 18.6. The fourth-order valence-corrected chi connectivity index (χ4v) is 5.85. The van der Waals surface area contributed by atoms with Crippen molar-refractivity contribution in [3.05, 3.63) is 29.8 Å². The number of amides is 1. The summed E-state index contributed by atoms with van der Waals surface area (Å²) in [5.41, 5.74) is 0.783. The highest BCUT2D eigenvalue weighted by atomic mass is 28.4. The van der Waals surface area contributed by atoms with Crippen molar-refractivity contribution < 1.29 is 41.8 Å². The fraction of sp³-hybridized carbons (Fsp3) is 0.600. The SMILES string of the molecule is CCO[Si](CCCNC(=O)OCCCCOc1ccc(C=CC(=O)OC)cc1OC)(OCC)OCC. The molecule has 204 valence electrons. The summed E-state index contributed by atoms with van der Waals surface area (Å²) in [6.45, 7) is 8.51. The van der Waals surface area contributed by atoms with E-state index < -0.39 is 20.9 Å². The Balaban J connectivity index is 2.28. The summed E-state index contributed by atoms with van der Waals surface area (Å²) < 4.78 is 38.4. The Bertz CT molecular complexity index is 787. The Morgan fingerprint density at radius 3 is 2.19 bits per heavy atom. The first-order chi connectivity index (χ1) is 17.4. The van der Waals surface area contributed by atoms with Crippen LogP contribution in [0, 0.1) is 0 Å². The second-order valence-electron chi connectivity index (χ2n) is 7.47. The highest BCUT2D eigenvalue weighted by Crippen LogP contribution is 2.28. The van der Waals surface area contributed by atoms with Gasteiger partial charge < -0.3 is 37.5 Å². The first-order valence-corrected chi connectivity index (χ1v) is 14.3. The molecule has 10 nitrogen and oxygen atoms in total. The average molecular weight is 528 g/mol. The quantitative estimate of drug-likeness (QED) is 0.122. The molecule has 0 fully saturated rings. The lowest BCUT2D eigenvalue weighted by atomic mass is 10.2. The maximum Gasteiger partial charge on any atom is 0.500 e. The molecule has 0 unspecified atom stereocenters. The van der Waals surface area contributed by atoms with Crippen LogP contribution < -0.4 is 14.8 Å².